The summed E-state index contributed by atoms with van der Waals surface area (Å²) in [5, 5.41) is 3.44. The molecule has 0 bridgehead atoms. The zero-order valence-electron chi connectivity index (χ0n) is 28.8. The summed E-state index contributed by atoms with van der Waals surface area (Å²) in [4.78, 5) is 15.6. The number of rotatable bonds is 6. The van der Waals surface area contributed by atoms with Gasteiger partial charge in [-0.15, -0.1) is 0 Å². The Hall–Kier alpha value is -7.17. The number of fused-ring (bicyclic) bond motifs is 3. The highest BCUT2D eigenvalue weighted by atomic mass is 15.0. The zero-order chi connectivity index (χ0) is 35.1. The maximum Gasteiger partial charge on any atom is 0.160 e. The molecule has 0 fully saturated rings. The molecule has 0 N–H and O–H groups in total. The molecular weight excluding hydrogens is 645 g/mol. The predicted molar refractivity (Wildman–Crippen MR) is 218 cm³/mol. The van der Waals surface area contributed by atoms with Crippen LogP contribution in [0.3, 0.4) is 0 Å². The topological polar surface area (TPSA) is 43.1 Å². The summed E-state index contributed by atoms with van der Waals surface area (Å²) in [6.45, 7) is 0. The lowest BCUT2D eigenvalue weighted by Gasteiger charge is -2.15. The molecule has 0 radical (unpaired) electrons. The quantitative estimate of drug-likeness (QED) is 0.176. The van der Waals surface area contributed by atoms with Crippen molar-refractivity contribution >= 4 is 27.3 Å². The first-order chi connectivity index (χ1) is 26.3. The maximum absolute atomic E-state index is 5.29. The van der Waals surface area contributed by atoms with Crippen LogP contribution in [0.25, 0.3) is 94.7 Å². The second kappa shape index (κ2) is 12.9. The van der Waals surface area contributed by atoms with Crippen LogP contribution in [-0.2, 0) is 0 Å². The van der Waals surface area contributed by atoms with Crippen molar-refractivity contribution < 1.29 is 0 Å². The molecule has 4 heteroatoms. The molecule has 0 unspecified atom stereocenters. The molecule has 4 nitrogen and oxygen atoms in total. The highest BCUT2D eigenvalue weighted by Gasteiger charge is 2.18. The number of imidazole rings is 1. The van der Waals surface area contributed by atoms with E-state index in [0.717, 1.165) is 72.6 Å². The number of nitrogens with zero attached hydrogens (tertiary/aromatic N) is 4. The molecule has 3 heterocycles. The van der Waals surface area contributed by atoms with Gasteiger partial charge in [-0.25, -0.2) is 15.0 Å². The third-order valence-electron chi connectivity index (χ3n) is 9.99. The molecule has 0 spiro atoms. The molecule has 0 atom stereocenters. The Kier molecular flexibility index (Phi) is 7.43. The maximum atomic E-state index is 5.29. The van der Waals surface area contributed by atoms with Crippen LogP contribution >= 0.6 is 0 Å². The van der Waals surface area contributed by atoms with Gasteiger partial charge in [0.1, 0.15) is 5.65 Å². The minimum absolute atomic E-state index is 0.690. The molecule has 7 aromatic carbocycles. The van der Waals surface area contributed by atoms with Crippen molar-refractivity contribution in [2.45, 2.75) is 0 Å². The van der Waals surface area contributed by atoms with Gasteiger partial charge in [-0.2, -0.15) is 0 Å². The molecule has 0 amide bonds. The summed E-state index contributed by atoms with van der Waals surface area (Å²) < 4.78 is 2.19. The van der Waals surface area contributed by atoms with E-state index < -0.39 is 0 Å². The Morgan fingerprint density at radius 3 is 1.81 bits per heavy atom. The smallest absolute Gasteiger partial charge is 0.160 e. The van der Waals surface area contributed by atoms with Crippen molar-refractivity contribution in [3.8, 4) is 67.4 Å². The largest absolute Gasteiger partial charge is 0.299 e. The third-order valence-corrected chi connectivity index (χ3v) is 9.99. The summed E-state index contributed by atoms with van der Waals surface area (Å²) in [7, 11) is 0. The van der Waals surface area contributed by atoms with Crippen LogP contribution in [0.4, 0.5) is 0 Å². The number of benzene rings is 7. The van der Waals surface area contributed by atoms with Gasteiger partial charge < -0.3 is 0 Å². The number of pyridine rings is 1. The summed E-state index contributed by atoms with van der Waals surface area (Å²) in [6.07, 6.45) is 2.09. The summed E-state index contributed by atoms with van der Waals surface area (Å²) in [5.74, 6) is 0.690. The standard InChI is InChI=1S/C49H32N4/c1-3-16-34(17-4-1)46-43-24-9-10-26-44(43)50-49(52-46)40-31-38(30-39(32-40)42-25-14-20-33-15-7-8-23-41(33)42)36-21-13-22-37(29-36)48-47(35-18-5-2-6-19-35)51-45-27-11-12-28-53(45)48/h1-32H. The van der Waals surface area contributed by atoms with E-state index in [-0.39, 0.29) is 0 Å². The molecule has 0 aliphatic rings. The van der Waals surface area contributed by atoms with Gasteiger partial charge in [0.15, 0.2) is 5.82 Å². The first-order valence-corrected chi connectivity index (χ1v) is 17.9. The van der Waals surface area contributed by atoms with Crippen molar-refractivity contribution in [3.63, 3.8) is 0 Å². The summed E-state index contributed by atoms with van der Waals surface area (Å²) in [5.41, 5.74) is 13.4. The van der Waals surface area contributed by atoms with E-state index in [2.05, 4.69) is 174 Å². The van der Waals surface area contributed by atoms with Crippen molar-refractivity contribution in [2.75, 3.05) is 0 Å². The van der Waals surface area contributed by atoms with Crippen LogP contribution in [-0.4, -0.2) is 19.4 Å². The Bertz CT molecular complexity index is 2940. The van der Waals surface area contributed by atoms with E-state index in [1.54, 1.807) is 0 Å². The van der Waals surface area contributed by atoms with Gasteiger partial charge in [-0.05, 0) is 75.5 Å². The average Bonchev–Trinajstić information content (AvgIpc) is 3.63. The van der Waals surface area contributed by atoms with Crippen molar-refractivity contribution in [2.24, 2.45) is 0 Å². The first-order valence-electron chi connectivity index (χ1n) is 17.9. The van der Waals surface area contributed by atoms with E-state index in [0.29, 0.717) is 5.82 Å². The van der Waals surface area contributed by atoms with Crippen LogP contribution in [0.5, 0.6) is 0 Å². The van der Waals surface area contributed by atoms with E-state index in [1.807, 2.05) is 24.3 Å². The molecule has 10 aromatic rings. The minimum atomic E-state index is 0.690. The van der Waals surface area contributed by atoms with Gasteiger partial charge in [-0.3, -0.25) is 4.40 Å². The van der Waals surface area contributed by atoms with Crippen LogP contribution in [0.2, 0.25) is 0 Å². The van der Waals surface area contributed by atoms with Gasteiger partial charge in [-0.1, -0.05) is 146 Å². The van der Waals surface area contributed by atoms with Crippen LogP contribution in [0.1, 0.15) is 0 Å². The van der Waals surface area contributed by atoms with Gasteiger partial charge in [0.2, 0.25) is 0 Å². The molecular formula is C49H32N4. The van der Waals surface area contributed by atoms with Gasteiger partial charge >= 0.3 is 0 Å². The number of hydrogen-bond acceptors (Lipinski definition) is 3. The monoisotopic (exact) mass is 676 g/mol. The lowest BCUT2D eigenvalue weighted by molar-refractivity contribution is 1.19. The number of para-hydroxylation sites is 1. The normalized spacial score (nSPS) is 11.4. The van der Waals surface area contributed by atoms with Crippen LogP contribution < -0.4 is 0 Å². The fourth-order valence-corrected chi connectivity index (χ4v) is 7.49. The molecule has 0 saturated carbocycles. The Morgan fingerprint density at radius 1 is 0.358 bits per heavy atom. The predicted octanol–water partition coefficient (Wildman–Crippen LogP) is 12.4. The Morgan fingerprint density at radius 2 is 0.962 bits per heavy atom. The van der Waals surface area contributed by atoms with Gasteiger partial charge in [0, 0.05) is 33.8 Å². The van der Waals surface area contributed by atoms with E-state index >= 15 is 0 Å². The highest BCUT2D eigenvalue weighted by Crippen LogP contribution is 2.39. The molecule has 3 aromatic heterocycles. The van der Waals surface area contributed by atoms with E-state index in [9.17, 15) is 0 Å². The molecule has 0 saturated heterocycles. The van der Waals surface area contributed by atoms with Crippen molar-refractivity contribution in [1.29, 1.82) is 0 Å². The van der Waals surface area contributed by atoms with Crippen LogP contribution in [0.15, 0.2) is 194 Å². The fraction of sp³-hybridized carbons (Fsp3) is 0. The fourth-order valence-electron chi connectivity index (χ4n) is 7.49. The highest BCUT2D eigenvalue weighted by molar-refractivity contribution is 5.99. The van der Waals surface area contributed by atoms with E-state index in [1.165, 1.54) is 16.3 Å². The second-order valence-corrected chi connectivity index (χ2v) is 13.3. The lowest BCUT2D eigenvalue weighted by Crippen LogP contribution is -1.96. The third kappa shape index (κ3) is 5.54. The number of hydrogen-bond donors (Lipinski definition) is 0. The van der Waals surface area contributed by atoms with Gasteiger partial charge in [0.25, 0.3) is 0 Å². The summed E-state index contributed by atoms with van der Waals surface area (Å²) >= 11 is 0. The SMILES string of the molecule is c1ccc(-c2nc3ccccn3c2-c2cccc(-c3cc(-c4nc(-c5ccccc5)c5ccccc5n4)cc(-c4cccc5ccccc45)c3)c2)cc1. The molecule has 10 rings (SSSR count). The molecule has 0 aliphatic heterocycles. The zero-order valence-corrected chi connectivity index (χ0v) is 28.8. The first kappa shape index (κ1) is 30.6. The van der Waals surface area contributed by atoms with Crippen molar-refractivity contribution in [3.05, 3.63) is 194 Å². The molecule has 0 aliphatic carbocycles. The van der Waals surface area contributed by atoms with Crippen molar-refractivity contribution in [1.82, 2.24) is 19.4 Å². The second-order valence-electron chi connectivity index (χ2n) is 13.3. The van der Waals surface area contributed by atoms with E-state index in [4.69, 9.17) is 15.0 Å². The lowest BCUT2D eigenvalue weighted by atomic mass is 9.92. The molecule has 53 heavy (non-hydrogen) atoms. The van der Waals surface area contributed by atoms with Crippen LogP contribution in [0, 0.1) is 0 Å². The van der Waals surface area contributed by atoms with Gasteiger partial charge in [0.05, 0.1) is 22.6 Å². The average molecular weight is 677 g/mol. The Balaban J connectivity index is 1.21. The number of aromatic nitrogens is 4. The molecule has 248 valence electrons. The Labute approximate surface area is 307 Å². The summed E-state index contributed by atoms with van der Waals surface area (Å²) in [6, 6.07) is 65.9. The minimum Gasteiger partial charge on any atom is -0.299 e.